The molecule has 8 nitrogen and oxygen atoms in total. The first-order chi connectivity index (χ1) is 13.3. The summed E-state index contributed by atoms with van der Waals surface area (Å²) in [7, 11) is -2.68. The zero-order chi connectivity index (χ0) is 21.7. The Balaban J connectivity index is 1.76. The van der Waals surface area contributed by atoms with Crippen molar-refractivity contribution in [2.45, 2.75) is 56.6 Å². The molecule has 0 spiro atoms. The second kappa shape index (κ2) is 6.98. The summed E-state index contributed by atoms with van der Waals surface area (Å²) in [5.74, 6) is -0.530. The molecule has 4 rings (SSSR count). The van der Waals surface area contributed by atoms with Crippen molar-refractivity contribution in [1.29, 1.82) is 0 Å². The fourth-order valence-electron chi connectivity index (χ4n) is 4.10. The van der Waals surface area contributed by atoms with Gasteiger partial charge in [-0.2, -0.15) is 8.42 Å². The molecule has 1 aromatic rings. The average molecular weight is 426 g/mol. The van der Waals surface area contributed by atoms with E-state index < -0.39 is 38.7 Å². The third kappa shape index (κ3) is 3.98. The lowest BCUT2D eigenvalue weighted by molar-refractivity contribution is -0.158. The SMILES string of the molecule is COC(=O)C12CC(COS(=O)(=O)c3ccc(C)cc3)(CN1C(=O)OC(C)(C)C)C2. The van der Waals surface area contributed by atoms with E-state index in [2.05, 4.69) is 0 Å². The fraction of sp³-hybridized carbons (Fsp3) is 0.600. The van der Waals surface area contributed by atoms with Crippen LogP contribution in [0.5, 0.6) is 0 Å². The largest absolute Gasteiger partial charge is 0.467 e. The van der Waals surface area contributed by atoms with Crippen molar-refractivity contribution < 1.29 is 31.7 Å². The molecule has 1 amide bonds. The first kappa shape index (κ1) is 21.6. The molecule has 1 aromatic carbocycles. The van der Waals surface area contributed by atoms with Crippen molar-refractivity contribution in [3.05, 3.63) is 29.8 Å². The van der Waals surface area contributed by atoms with Crippen molar-refractivity contribution in [1.82, 2.24) is 4.90 Å². The normalized spacial score (nSPS) is 26.0. The summed E-state index contributed by atoms with van der Waals surface area (Å²) in [5.41, 5.74) is -1.55. The number of hydrogen-bond donors (Lipinski definition) is 0. The number of carbonyl (C=O) groups is 2. The molecule has 2 saturated heterocycles. The molecule has 2 aliphatic heterocycles. The number of hydrogen-bond acceptors (Lipinski definition) is 7. The van der Waals surface area contributed by atoms with Crippen LogP contribution < -0.4 is 0 Å². The molecule has 29 heavy (non-hydrogen) atoms. The lowest BCUT2D eigenvalue weighted by Gasteiger charge is -2.44. The van der Waals surface area contributed by atoms with E-state index >= 15 is 0 Å². The molecule has 1 aliphatic carbocycles. The molecule has 3 aliphatic rings. The van der Waals surface area contributed by atoms with Gasteiger partial charge in [0, 0.05) is 12.0 Å². The molecule has 3 fully saturated rings. The van der Waals surface area contributed by atoms with Crippen LogP contribution in [0.15, 0.2) is 29.2 Å². The van der Waals surface area contributed by atoms with Gasteiger partial charge in [-0.05, 0) is 52.7 Å². The number of benzene rings is 1. The Labute approximate surface area is 171 Å². The molecular weight excluding hydrogens is 398 g/mol. The summed E-state index contributed by atoms with van der Waals surface area (Å²) in [6, 6.07) is 6.37. The predicted octanol–water partition coefficient (Wildman–Crippen LogP) is 2.64. The van der Waals surface area contributed by atoms with Gasteiger partial charge in [-0.1, -0.05) is 17.7 Å². The predicted molar refractivity (Wildman–Crippen MR) is 104 cm³/mol. The molecule has 160 valence electrons. The molecule has 9 heteroatoms. The first-order valence-electron chi connectivity index (χ1n) is 9.38. The van der Waals surface area contributed by atoms with E-state index in [1.165, 1.54) is 24.1 Å². The summed E-state index contributed by atoms with van der Waals surface area (Å²) in [6.07, 6.45) is -0.0753. The lowest BCUT2D eigenvalue weighted by Crippen LogP contribution is -2.58. The first-order valence-corrected chi connectivity index (χ1v) is 10.8. The summed E-state index contributed by atoms with van der Waals surface area (Å²) < 4.78 is 40.7. The van der Waals surface area contributed by atoms with Gasteiger partial charge in [0.05, 0.1) is 18.6 Å². The van der Waals surface area contributed by atoms with Crippen molar-refractivity contribution in [3.8, 4) is 0 Å². The minimum atomic E-state index is -3.94. The summed E-state index contributed by atoms with van der Waals surface area (Å²) in [6.45, 7) is 7.12. The van der Waals surface area contributed by atoms with E-state index in [4.69, 9.17) is 13.7 Å². The molecule has 1 saturated carbocycles. The third-order valence-electron chi connectivity index (χ3n) is 5.35. The van der Waals surface area contributed by atoms with E-state index in [1.807, 2.05) is 6.92 Å². The monoisotopic (exact) mass is 425 g/mol. The molecule has 2 bridgehead atoms. The van der Waals surface area contributed by atoms with Crippen LogP contribution in [0.2, 0.25) is 0 Å². The van der Waals surface area contributed by atoms with Crippen LogP contribution in [0.4, 0.5) is 4.79 Å². The summed E-state index contributed by atoms with van der Waals surface area (Å²) in [5, 5.41) is 0. The maximum Gasteiger partial charge on any atom is 0.411 e. The Morgan fingerprint density at radius 1 is 1.14 bits per heavy atom. The van der Waals surface area contributed by atoms with Gasteiger partial charge in [-0.3, -0.25) is 9.08 Å². The second-order valence-corrected chi connectivity index (χ2v) is 10.6. The number of aryl methyl sites for hydroxylation is 1. The average Bonchev–Trinajstić information content (AvgIpc) is 3.10. The molecule has 0 N–H and O–H groups in total. The summed E-state index contributed by atoms with van der Waals surface area (Å²) in [4.78, 5) is 26.5. The van der Waals surface area contributed by atoms with Gasteiger partial charge in [0.2, 0.25) is 0 Å². The van der Waals surface area contributed by atoms with Crippen molar-refractivity contribution in [2.75, 3.05) is 20.3 Å². The van der Waals surface area contributed by atoms with Gasteiger partial charge < -0.3 is 9.47 Å². The zero-order valence-corrected chi connectivity index (χ0v) is 18.2. The number of rotatable bonds is 5. The van der Waals surface area contributed by atoms with Crippen LogP contribution in [-0.4, -0.2) is 56.8 Å². The highest BCUT2D eigenvalue weighted by molar-refractivity contribution is 7.86. The van der Waals surface area contributed by atoms with Crippen molar-refractivity contribution >= 4 is 22.2 Å². The zero-order valence-electron chi connectivity index (χ0n) is 17.4. The van der Waals surface area contributed by atoms with E-state index in [1.54, 1.807) is 32.9 Å². The Hall–Kier alpha value is -2.13. The molecule has 0 radical (unpaired) electrons. The van der Waals surface area contributed by atoms with Crippen LogP contribution in [0, 0.1) is 12.3 Å². The van der Waals surface area contributed by atoms with Crippen LogP contribution in [0.25, 0.3) is 0 Å². The third-order valence-corrected chi connectivity index (χ3v) is 6.63. The van der Waals surface area contributed by atoms with Crippen LogP contribution >= 0.6 is 0 Å². The molecule has 2 heterocycles. The molecule has 0 aromatic heterocycles. The van der Waals surface area contributed by atoms with Crippen molar-refractivity contribution in [2.24, 2.45) is 5.41 Å². The minimum Gasteiger partial charge on any atom is -0.467 e. The maximum absolute atomic E-state index is 12.7. The van der Waals surface area contributed by atoms with Gasteiger partial charge in [0.15, 0.2) is 0 Å². The number of esters is 1. The Morgan fingerprint density at radius 2 is 1.72 bits per heavy atom. The van der Waals surface area contributed by atoms with Gasteiger partial charge in [-0.25, -0.2) is 9.59 Å². The minimum absolute atomic E-state index is 0.0695. The lowest BCUT2D eigenvalue weighted by atomic mass is 9.62. The number of carbonyl (C=O) groups excluding carboxylic acids is 2. The number of fused-ring (bicyclic) bond motifs is 1. The summed E-state index contributed by atoms with van der Waals surface area (Å²) >= 11 is 0. The quantitative estimate of drug-likeness (QED) is 0.528. The fourth-order valence-corrected chi connectivity index (χ4v) is 5.11. The van der Waals surface area contributed by atoms with Gasteiger partial charge in [0.25, 0.3) is 10.1 Å². The highest BCUT2D eigenvalue weighted by Crippen LogP contribution is 2.60. The number of nitrogens with zero attached hydrogens (tertiary/aromatic N) is 1. The second-order valence-electron chi connectivity index (χ2n) is 8.97. The van der Waals surface area contributed by atoms with Crippen LogP contribution in [-0.2, 0) is 28.6 Å². The maximum atomic E-state index is 12.7. The number of methoxy groups -OCH3 is 1. The van der Waals surface area contributed by atoms with E-state index in [-0.39, 0.29) is 30.9 Å². The molecular formula is C20H27NO7S. The van der Waals surface area contributed by atoms with Crippen LogP contribution in [0.3, 0.4) is 0 Å². The highest BCUT2D eigenvalue weighted by Gasteiger charge is 2.72. The number of amides is 1. The van der Waals surface area contributed by atoms with Crippen LogP contribution in [0.1, 0.15) is 39.2 Å². The van der Waals surface area contributed by atoms with E-state index in [9.17, 15) is 18.0 Å². The molecule has 0 unspecified atom stereocenters. The Bertz CT molecular complexity index is 909. The topological polar surface area (TPSA) is 99.2 Å². The standard InChI is InChI=1S/C20H27NO7S/c1-14-6-8-15(9-7-14)29(24,25)27-13-19-10-20(11-19,16(22)26-5)21(12-19)17(23)28-18(2,3)4/h6-9H,10-13H2,1-5H3. The van der Waals surface area contributed by atoms with E-state index in [0.717, 1.165) is 5.56 Å². The van der Waals surface area contributed by atoms with E-state index in [0.29, 0.717) is 0 Å². The van der Waals surface area contributed by atoms with Gasteiger partial charge in [0.1, 0.15) is 11.1 Å². The van der Waals surface area contributed by atoms with Gasteiger partial charge in [-0.15, -0.1) is 0 Å². The molecule has 0 atom stereocenters. The smallest absolute Gasteiger partial charge is 0.411 e. The highest BCUT2D eigenvalue weighted by atomic mass is 32.2. The Kier molecular flexibility index (Phi) is 5.20. The Morgan fingerprint density at radius 3 is 2.24 bits per heavy atom. The van der Waals surface area contributed by atoms with Gasteiger partial charge >= 0.3 is 12.1 Å². The van der Waals surface area contributed by atoms with Crippen molar-refractivity contribution in [3.63, 3.8) is 0 Å². The number of ether oxygens (including phenoxy) is 2.